The highest BCUT2D eigenvalue weighted by Crippen LogP contribution is 2.29. The number of benzene rings is 1. The van der Waals surface area contributed by atoms with Crippen LogP contribution in [0, 0.1) is 11.8 Å². The van der Waals surface area contributed by atoms with Gasteiger partial charge in [-0.3, -0.25) is 9.59 Å². The van der Waals surface area contributed by atoms with Crippen LogP contribution < -0.4 is 11.1 Å². The monoisotopic (exact) mass is 488 g/mol. The number of aromatic amines is 1. The summed E-state index contributed by atoms with van der Waals surface area (Å²) >= 11 is 12.4. The van der Waals surface area contributed by atoms with Gasteiger partial charge in [0.2, 0.25) is 0 Å². The Balaban J connectivity index is 1.79. The molecule has 0 unspecified atom stereocenters. The van der Waals surface area contributed by atoms with Crippen LogP contribution in [-0.4, -0.2) is 28.5 Å². The van der Waals surface area contributed by atoms with Crippen molar-refractivity contribution in [3.8, 4) is 11.1 Å². The molecule has 1 amide bonds. The standard InChI is InChI=1S/C24H26Cl2N4O3/c1-13(2)14(3)24(32)33-12-21(15-5-4-6-17(25)7-15)30-23(31)20-8-16(10-28-20)18-9-22(27)29-11-19(18)26/h4-11,13-14,21,28H,12H2,1-3H3,(H2,27,29)(H,30,31)/t14-,21+/m0/s1. The van der Waals surface area contributed by atoms with E-state index in [1.165, 1.54) is 6.20 Å². The van der Waals surface area contributed by atoms with E-state index < -0.39 is 6.04 Å². The van der Waals surface area contributed by atoms with Gasteiger partial charge in [0.1, 0.15) is 18.1 Å². The Morgan fingerprint density at radius 1 is 1.18 bits per heavy atom. The van der Waals surface area contributed by atoms with Gasteiger partial charge in [-0.25, -0.2) is 4.98 Å². The van der Waals surface area contributed by atoms with E-state index in [4.69, 9.17) is 33.7 Å². The van der Waals surface area contributed by atoms with Gasteiger partial charge in [0.15, 0.2) is 0 Å². The van der Waals surface area contributed by atoms with E-state index in [9.17, 15) is 9.59 Å². The topological polar surface area (TPSA) is 110 Å². The number of nitrogens with two attached hydrogens (primary N) is 1. The minimum absolute atomic E-state index is 0.0255. The summed E-state index contributed by atoms with van der Waals surface area (Å²) < 4.78 is 5.52. The van der Waals surface area contributed by atoms with Crippen molar-refractivity contribution in [3.63, 3.8) is 0 Å². The van der Waals surface area contributed by atoms with Crippen molar-refractivity contribution in [3.05, 3.63) is 70.1 Å². The third-order valence-electron chi connectivity index (χ3n) is 5.44. The highest BCUT2D eigenvalue weighted by Gasteiger charge is 2.23. The van der Waals surface area contributed by atoms with Crippen LogP contribution in [0.1, 0.15) is 42.9 Å². The molecule has 9 heteroatoms. The second-order valence-electron chi connectivity index (χ2n) is 8.13. The Labute approximate surface area is 202 Å². The molecule has 1 aromatic carbocycles. The summed E-state index contributed by atoms with van der Waals surface area (Å²) in [6.07, 6.45) is 3.12. The lowest BCUT2D eigenvalue weighted by Crippen LogP contribution is -2.33. The van der Waals surface area contributed by atoms with Gasteiger partial charge >= 0.3 is 5.97 Å². The molecule has 3 rings (SSSR count). The van der Waals surface area contributed by atoms with E-state index >= 15 is 0 Å². The molecule has 0 bridgehead atoms. The van der Waals surface area contributed by atoms with Gasteiger partial charge in [0.05, 0.1) is 17.0 Å². The van der Waals surface area contributed by atoms with Crippen LogP contribution in [0.5, 0.6) is 0 Å². The van der Waals surface area contributed by atoms with Gasteiger partial charge < -0.3 is 20.8 Å². The van der Waals surface area contributed by atoms with Crippen LogP contribution in [0.3, 0.4) is 0 Å². The number of amides is 1. The maximum atomic E-state index is 13.0. The van der Waals surface area contributed by atoms with E-state index in [0.29, 0.717) is 32.7 Å². The Morgan fingerprint density at radius 2 is 1.94 bits per heavy atom. The maximum Gasteiger partial charge on any atom is 0.308 e. The molecule has 0 saturated heterocycles. The summed E-state index contributed by atoms with van der Waals surface area (Å²) in [7, 11) is 0. The molecule has 4 N–H and O–H groups in total. The fourth-order valence-electron chi connectivity index (χ4n) is 3.11. The Kier molecular flexibility index (Phi) is 8.00. The molecule has 0 saturated carbocycles. The summed E-state index contributed by atoms with van der Waals surface area (Å²) in [4.78, 5) is 32.3. The minimum atomic E-state index is -0.591. The number of rotatable bonds is 8. The fourth-order valence-corrected chi connectivity index (χ4v) is 3.52. The molecule has 0 spiro atoms. The summed E-state index contributed by atoms with van der Waals surface area (Å²) in [6, 6.07) is 9.76. The molecular weight excluding hydrogens is 463 g/mol. The number of anilines is 1. The predicted octanol–water partition coefficient (Wildman–Crippen LogP) is 5.27. The number of nitrogen functional groups attached to an aromatic ring is 1. The molecule has 33 heavy (non-hydrogen) atoms. The third-order valence-corrected chi connectivity index (χ3v) is 5.97. The number of pyridine rings is 1. The third kappa shape index (κ3) is 6.27. The molecular formula is C24H26Cl2N4O3. The zero-order valence-electron chi connectivity index (χ0n) is 18.6. The zero-order chi connectivity index (χ0) is 24.1. The van der Waals surface area contributed by atoms with Crippen LogP contribution >= 0.6 is 23.2 Å². The first-order chi connectivity index (χ1) is 15.7. The molecule has 7 nitrogen and oxygen atoms in total. The highest BCUT2D eigenvalue weighted by molar-refractivity contribution is 6.33. The lowest BCUT2D eigenvalue weighted by atomic mass is 9.98. The van der Waals surface area contributed by atoms with E-state index in [0.717, 1.165) is 5.56 Å². The molecule has 0 aliphatic carbocycles. The molecule has 2 heterocycles. The quantitative estimate of drug-likeness (QED) is 0.374. The van der Waals surface area contributed by atoms with Crippen LogP contribution in [-0.2, 0) is 9.53 Å². The number of nitrogens with zero attached hydrogens (tertiary/aromatic N) is 1. The molecule has 0 radical (unpaired) electrons. The van der Waals surface area contributed by atoms with Gasteiger partial charge in [-0.05, 0) is 35.7 Å². The normalized spacial score (nSPS) is 12.9. The van der Waals surface area contributed by atoms with Crippen molar-refractivity contribution in [1.29, 1.82) is 0 Å². The van der Waals surface area contributed by atoms with Gasteiger partial charge in [-0.2, -0.15) is 0 Å². The highest BCUT2D eigenvalue weighted by atomic mass is 35.5. The summed E-state index contributed by atoms with van der Waals surface area (Å²) in [6.45, 7) is 5.70. The number of hydrogen-bond donors (Lipinski definition) is 3. The SMILES string of the molecule is CC(C)[C@H](C)C(=O)OC[C@@H](NC(=O)c1cc(-c2cc(N)ncc2Cl)c[nH]1)c1cccc(Cl)c1. The number of hydrogen-bond acceptors (Lipinski definition) is 5. The average molecular weight is 489 g/mol. The smallest absolute Gasteiger partial charge is 0.308 e. The van der Waals surface area contributed by atoms with Crippen molar-refractivity contribution in [2.45, 2.75) is 26.8 Å². The minimum Gasteiger partial charge on any atom is -0.463 e. The number of esters is 1. The van der Waals surface area contributed by atoms with Gasteiger partial charge in [-0.1, -0.05) is 56.1 Å². The van der Waals surface area contributed by atoms with Crippen LogP contribution in [0.2, 0.25) is 10.0 Å². The predicted molar refractivity (Wildman–Crippen MR) is 130 cm³/mol. The molecule has 2 aromatic heterocycles. The largest absolute Gasteiger partial charge is 0.463 e. The van der Waals surface area contributed by atoms with Crippen LogP contribution in [0.25, 0.3) is 11.1 Å². The van der Waals surface area contributed by atoms with E-state index in [-0.39, 0.29) is 30.3 Å². The fraction of sp³-hybridized carbons (Fsp3) is 0.292. The Morgan fingerprint density at radius 3 is 2.64 bits per heavy atom. The first kappa shape index (κ1) is 24.6. The Bertz CT molecular complexity index is 1150. The van der Waals surface area contributed by atoms with E-state index in [1.807, 2.05) is 26.8 Å². The maximum absolute atomic E-state index is 13.0. The van der Waals surface area contributed by atoms with Crippen molar-refractivity contribution in [1.82, 2.24) is 15.3 Å². The number of ether oxygens (including phenoxy) is 1. The number of halogens is 2. The summed E-state index contributed by atoms with van der Waals surface area (Å²) in [5.41, 5.74) is 8.14. The lowest BCUT2D eigenvalue weighted by Gasteiger charge is -2.21. The van der Waals surface area contributed by atoms with Crippen molar-refractivity contribution < 1.29 is 14.3 Å². The zero-order valence-corrected chi connectivity index (χ0v) is 20.1. The molecule has 0 fully saturated rings. The lowest BCUT2D eigenvalue weighted by molar-refractivity contribution is -0.150. The number of carbonyl (C=O) groups is 2. The molecule has 2 atom stereocenters. The summed E-state index contributed by atoms with van der Waals surface area (Å²) in [5, 5.41) is 3.84. The van der Waals surface area contributed by atoms with Crippen molar-refractivity contribution in [2.24, 2.45) is 11.8 Å². The van der Waals surface area contributed by atoms with E-state index in [1.54, 1.807) is 36.5 Å². The molecule has 174 valence electrons. The number of aromatic nitrogens is 2. The number of carbonyl (C=O) groups excluding carboxylic acids is 2. The first-order valence-electron chi connectivity index (χ1n) is 10.5. The van der Waals surface area contributed by atoms with E-state index in [2.05, 4.69) is 15.3 Å². The molecule has 3 aromatic rings. The Hall–Kier alpha value is -3.03. The number of nitrogens with one attached hydrogen (secondary N) is 2. The average Bonchev–Trinajstić information content (AvgIpc) is 3.27. The second kappa shape index (κ2) is 10.7. The number of H-pyrrole nitrogens is 1. The van der Waals surface area contributed by atoms with Crippen LogP contribution in [0.15, 0.2) is 48.8 Å². The van der Waals surface area contributed by atoms with Gasteiger partial charge in [-0.15, -0.1) is 0 Å². The second-order valence-corrected chi connectivity index (χ2v) is 8.98. The summed E-state index contributed by atoms with van der Waals surface area (Å²) in [5.74, 6) is -0.497. The molecule has 0 aliphatic rings. The first-order valence-corrected chi connectivity index (χ1v) is 11.2. The molecule has 0 aliphatic heterocycles. The van der Waals surface area contributed by atoms with Gasteiger partial charge in [0, 0.05) is 28.5 Å². The van der Waals surface area contributed by atoms with Gasteiger partial charge in [0.25, 0.3) is 5.91 Å². The van der Waals surface area contributed by atoms with Crippen molar-refractivity contribution in [2.75, 3.05) is 12.3 Å². The van der Waals surface area contributed by atoms with Crippen LogP contribution in [0.4, 0.5) is 5.82 Å². The van der Waals surface area contributed by atoms with Crippen molar-refractivity contribution >= 4 is 40.9 Å².